The van der Waals surface area contributed by atoms with Gasteiger partial charge in [0.05, 0.1) is 18.9 Å². The van der Waals surface area contributed by atoms with Gasteiger partial charge in [0.1, 0.15) is 0 Å². The van der Waals surface area contributed by atoms with Crippen LogP contribution in [0.25, 0.3) is 0 Å². The van der Waals surface area contributed by atoms with E-state index in [4.69, 9.17) is 5.11 Å². The minimum Gasteiger partial charge on any atom is -0.481 e. The first kappa shape index (κ1) is 22.5. The predicted molar refractivity (Wildman–Crippen MR) is 90.5 cm³/mol. The Bertz CT molecular complexity index is 406. The third-order valence-corrected chi connectivity index (χ3v) is 3.49. The molecule has 0 aliphatic heterocycles. The maximum atomic E-state index is 11.9. The molecule has 5 nitrogen and oxygen atoms in total. The smallest absolute Gasteiger partial charge is 0.303 e. The van der Waals surface area contributed by atoms with Crippen molar-refractivity contribution in [2.45, 2.75) is 70.0 Å². The van der Waals surface area contributed by atoms with Gasteiger partial charge >= 0.3 is 5.97 Å². The van der Waals surface area contributed by atoms with E-state index < -0.39 is 18.2 Å². The molecular weight excluding hydrogens is 315 g/mol. The zero-order valence-corrected chi connectivity index (χ0v) is 14.1. The highest BCUT2D eigenvalue weighted by molar-refractivity contribution is 5.89. The number of carboxylic acids is 1. The number of hydrogen-bond donors (Lipinski definition) is 3. The summed E-state index contributed by atoms with van der Waals surface area (Å²) in [5.41, 5.74) is 0. The summed E-state index contributed by atoms with van der Waals surface area (Å²) in [6.45, 7) is -0.287. The molecule has 6 heteroatoms. The number of aliphatic hydroxyl groups is 2. The highest BCUT2D eigenvalue weighted by Crippen LogP contribution is 2.08. The Morgan fingerprint density at radius 2 is 1.54 bits per heavy atom. The van der Waals surface area contributed by atoms with Crippen LogP contribution in [0, 0.1) is 0 Å². The Morgan fingerprint density at radius 3 is 2.17 bits per heavy atom. The van der Waals surface area contributed by atoms with E-state index in [2.05, 4.69) is 0 Å². The molecule has 138 valence electrons. The molecule has 0 aromatic carbocycles. The number of carboxylic acid groups (broad SMARTS) is 1. The summed E-state index contributed by atoms with van der Waals surface area (Å²) < 4.78 is 11.9. The first-order chi connectivity index (χ1) is 11.5. The second kappa shape index (κ2) is 15.0. The van der Waals surface area contributed by atoms with Gasteiger partial charge in [-0.05, 0) is 44.6 Å². The number of aliphatic hydroxyl groups excluding tert-OH is 2. The third kappa shape index (κ3) is 14.1. The van der Waals surface area contributed by atoms with Gasteiger partial charge in [0.25, 0.3) is 0 Å². The van der Waals surface area contributed by atoms with Crippen molar-refractivity contribution in [3.63, 3.8) is 0 Å². The molecule has 0 aromatic rings. The van der Waals surface area contributed by atoms with Gasteiger partial charge in [-0.25, -0.2) is 0 Å². The van der Waals surface area contributed by atoms with E-state index in [1.54, 1.807) is 6.08 Å². The lowest BCUT2D eigenvalue weighted by Gasteiger charge is -2.14. The molecule has 2 unspecified atom stereocenters. The van der Waals surface area contributed by atoms with Crippen LogP contribution in [0.2, 0.25) is 0 Å². The Morgan fingerprint density at radius 1 is 0.875 bits per heavy atom. The van der Waals surface area contributed by atoms with Gasteiger partial charge in [-0.1, -0.05) is 24.6 Å². The molecular formula is C18H29FO5. The Hall–Kier alpha value is -1.53. The maximum Gasteiger partial charge on any atom is 0.303 e. The van der Waals surface area contributed by atoms with Crippen LogP contribution in [-0.2, 0) is 9.59 Å². The number of alkyl halides is 1. The lowest BCUT2D eigenvalue weighted by Crippen LogP contribution is -2.24. The number of aliphatic carboxylic acids is 1. The molecule has 3 N–H and O–H groups in total. The molecule has 0 aliphatic carbocycles. The van der Waals surface area contributed by atoms with Crippen molar-refractivity contribution in [3.05, 3.63) is 24.3 Å². The van der Waals surface area contributed by atoms with Crippen molar-refractivity contribution in [1.29, 1.82) is 0 Å². The fourth-order valence-corrected chi connectivity index (χ4v) is 2.04. The topological polar surface area (TPSA) is 94.8 Å². The quantitative estimate of drug-likeness (QED) is 0.241. The summed E-state index contributed by atoms with van der Waals surface area (Å²) in [6, 6.07) is 0. The van der Waals surface area contributed by atoms with Gasteiger partial charge in [-0.3, -0.25) is 14.0 Å². The fraction of sp³-hybridized carbons (Fsp3) is 0.667. The molecule has 0 aliphatic rings. The highest BCUT2D eigenvalue weighted by atomic mass is 19.1. The minimum atomic E-state index is -0.954. The zero-order valence-electron chi connectivity index (χ0n) is 14.1. The number of allylic oxidation sites excluding steroid dienone is 2. The Balaban J connectivity index is 3.82. The molecule has 0 bridgehead atoms. The van der Waals surface area contributed by atoms with Gasteiger partial charge in [0.15, 0.2) is 5.78 Å². The van der Waals surface area contributed by atoms with Gasteiger partial charge in [-0.15, -0.1) is 0 Å². The Kier molecular flexibility index (Phi) is 14.1. The van der Waals surface area contributed by atoms with E-state index in [9.17, 15) is 24.2 Å². The Labute approximate surface area is 142 Å². The van der Waals surface area contributed by atoms with Gasteiger partial charge in [0.2, 0.25) is 0 Å². The van der Waals surface area contributed by atoms with Crippen LogP contribution in [0.15, 0.2) is 24.3 Å². The zero-order chi connectivity index (χ0) is 18.2. The molecule has 0 rings (SSSR count). The lowest BCUT2D eigenvalue weighted by atomic mass is 10.1. The maximum absolute atomic E-state index is 11.9. The fourth-order valence-electron chi connectivity index (χ4n) is 2.04. The summed E-state index contributed by atoms with van der Waals surface area (Å²) in [5.74, 6) is -1.12. The number of carbonyl (C=O) groups excluding carboxylic acids is 1. The van der Waals surface area contributed by atoms with Crippen LogP contribution in [0.4, 0.5) is 4.39 Å². The average molecular weight is 344 g/mol. The number of carbonyl (C=O) groups is 2. The molecule has 0 saturated carbocycles. The van der Waals surface area contributed by atoms with Crippen molar-refractivity contribution >= 4 is 11.8 Å². The minimum absolute atomic E-state index is 0.0406. The summed E-state index contributed by atoms with van der Waals surface area (Å²) >= 11 is 0. The van der Waals surface area contributed by atoms with Gasteiger partial charge in [0, 0.05) is 12.8 Å². The number of unbranched alkanes of at least 4 members (excludes halogenated alkanes) is 3. The molecule has 2 atom stereocenters. The first-order valence-electron chi connectivity index (χ1n) is 8.45. The molecule has 0 fully saturated rings. The van der Waals surface area contributed by atoms with E-state index in [1.807, 2.05) is 6.08 Å². The van der Waals surface area contributed by atoms with Crippen LogP contribution in [0.5, 0.6) is 0 Å². The van der Waals surface area contributed by atoms with Crippen LogP contribution in [-0.4, -0.2) is 46.0 Å². The van der Waals surface area contributed by atoms with Crippen molar-refractivity contribution in [2.75, 3.05) is 6.67 Å². The van der Waals surface area contributed by atoms with Crippen LogP contribution in [0.3, 0.4) is 0 Å². The average Bonchev–Trinajstić information content (AvgIpc) is 2.53. The normalized spacial score (nSPS) is 14.3. The SMILES string of the molecule is O=C(O)CCCC(=O)C=CCC(O)C(O)CC=CCCCCCF. The summed E-state index contributed by atoms with van der Waals surface area (Å²) in [4.78, 5) is 21.8. The summed E-state index contributed by atoms with van der Waals surface area (Å²) in [5, 5.41) is 28.0. The van der Waals surface area contributed by atoms with Crippen molar-refractivity contribution in [3.8, 4) is 0 Å². The lowest BCUT2D eigenvalue weighted by molar-refractivity contribution is -0.137. The molecule has 0 amide bonds. The summed E-state index contributed by atoms with van der Waals surface area (Å²) in [6.07, 6.45) is 8.72. The van der Waals surface area contributed by atoms with Crippen molar-refractivity contribution < 1.29 is 29.3 Å². The molecule has 0 heterocycles. The van der Waals surface area contributed by atoms with E-state index in [0.29, 0.717) is 19.3 Å². The standard InChI is InChI=1S/C18H29FO5/c19-14-6-4-2-1-3-5-11-16(21)17(22)12-7-9-15(20)10-8-13-18(23)24/h3,5,7,9,16-17,21-22H,1-2,4,6,8,10-14H2,(H,23,24). The van der Waals surface area contributed by atoms with Crippen LogP contribution in [0.1, 0.15) is 57.8 Å². The number of hydrogen-bond acceptors (Lipinski definition) is 4. The van der Waals surface area contributed by atoms with E-state index >= 15 is 0 Å². The summed E-state index contributed by atoms with van der Waals surface area (Å²) in [7, 11) is 0. The van der Waals surface area contributed by atoms with Crippen LogP contribution >= 0.6 is 0 Å². The highest BCUT2D eigenvalue weighted by Gasteiger charge is 2.13. The van der Waals surface area contributed by atoms with E-state index in [1.165, 1.54) is 12.2 Å². The number of rotatable bonds is 15. The van der Waals surface area contributed by atoms with Crippen LogP contribution < -0.4 is 0 Å². The predicted octanol–water partition coefficient (Wildman–Crippen LogP) is 2.95. The van der Waals surface area contributed by atoms with Crippen molar-refractivity contribution in [1.82, 2.24) is 0 Å². The van der Waals surface area contributed by atoms with Crippen molar-refractivity contribution in [2.24, 2.45) is 0 Å². The second-order valence-electron chi connectivity index (χ2n) is 5.73. The number of ketones is 1. The third-order valence-electron chi connectivity index (χ3n) is 3.49. The monoisotopic (exact) mass is 344 g/mol. The second-order valence-corrected chi connectivity index (χ2v) is 5.73. The molecule has 0 radical (unpaired) electrons. The molecule has 0 saturated heterocycles. The molecule has 0 spiro atoms. The molecule has 24 heavy (non-hydrogen) atoms. The van der Waals surface area contributed by atoms with E-state index in [-0.39, 0.29) is 31.7 Å². The van der Waals surface area contributed by atoms with E-state index in [0.717, 1.165) is 19.3 Å². The first-order valence-corrected chi connectivity index (χ1v) is 8.45. The largest absolute Gasteiger partial charge is 0.481 e. The number of halogens is 1. The molecule has 0 aromatic heterocycles. The van der Waals surface area contributed by atoms with Gasteiger partial charge < -0.3 is 15.3 Å². The van der Waals surface area contributed by atoms with Gasteiger partial charge in [-0.2, -0.15) is 0 Å².